The lowest BCUT2D eigenvalue weighted by molar-refractivity contribution is -0.168. The van der Waals surface area contributed by atoms with Gasteiger partial charge in [-0.05, 0) is 48.0 Å². The molecule has 0 aromatic heterocycles. The summed E-state index contributed by atoms with van der Waals surface area (Å²) in [6.45, 7) is 10.2. The van der Waals surface area contributed by atoms with Crippen LogP contribution in [0.5, 0.6) is 0 Å². The van der Waals surface area contributed by atoms with Crippen LogP contribution in [0.1, 0.15) is 67.7 Å². The zero-order valence-corrected chi connectivity index (χ0v) is 28.3. The van der Waals surface area contributed by atoms with Gasteiger partial charge in [0.25, 0.3) is 0 Å². The summed E-state index contributed by atoms with van der Waals surface area (Å²) in [4.78, 5) is 75.0. The Balaban J connectivity index is 5.99. The molecule has 3 amide bonds. The molecule has 14 nitrogen and oxygen atoms in total. The molecule has 17 heteroatoms. The summed E-state index contributed by atoms with van der Waals surface area (Å²) < 4.78 is 23.2. The minimum Gasteiger partial charge on any atom is -0.467 e. The Kier molecular flexibility index (Phi) is 17.5. The number of methoxy groups -OCH3 is 1. The Morgan fingerprint density at radius 3 is 1.95 bits per heavy atom. The minimum absolute atomic E-state index is 0.0565. The van der Waals surface area contributed by atoms with E-state index in [-0.39, 0.29) is 13.0 Å². The maximum absolute atomic E-state index is 13.1. The van der Waals surface area contributed by atoms with Gasteiger partial charge in [0.2, 0.25) is 15.8 Å². The Bertz CT molecular complexity index is 1040. The molecule has 252 valence electrons. The number of carbonyl (C=O) groups excluding carboxylic acids is 6. The second-order valence-corrected chi connectivity index (χ2v) is 13.2. The van der Waals surface area contributed by atoms with Crippen molar-refractivity contribution in [3.05, 3.63) is 12.2 Å². The van der Waals surface area contributed by atoms with Crippen LogP contribution in [0.3, 0.4) is 0 Å². The van der Waals surface area contributed by atoms with Gasteiger partial charge in [0.1, 0.15) is 29.8 Å². The summed E-state index contributed by atoms with van der Waals surface area (Å²) in [5.41, 5.74) is -2.72. The van der Waals surface area contributed by atoms with E-state index in [0.29, 0.717) is 6.42 Å². The molecule has 4 atom stereocenters. The SMILES string of the molecule is CCCCOC(=O)[C@@H](C/C=C/[C@](C)(NC(=O)OCC(Cl)(Cl)Cl)C(=O)N[C@H](C)C(=O)OC)OC(=O)[C@H](C)NC(=O)OC(C)(C)C. The zero-order valence-electron chi connectivity index (χ0n) is 26.0. The summed E-state index contributed by atoms with van der Waals surface area (Å²) in [6, 6.07) is -2.31. The number of esters is 3. The molecule has 0 heterocycles. The van der Waals surface area contributed by atoms with Gasteiger partial charge in [0, 0.05) is 6.42 Å². The van der Waals surface area contributed by atoms with E-state index in [0.717, 1.165) is 13.5 Å². The van der Waals surface area contributed by atoms with Gasteiger partial charge in [0.05, 0.1) is 13.7 Å². The van der Waals surface area contributed by atoms with Crippen LogP contribution in [0.15, 0.2) is 12.2 Å². The normalized spacial score (nSPS) is 15.1. The molecule has 0 aliphatic carbocycles. The summed E-state index contributed by atoms with van der Waals surface area (Å²) in [5, 5.41) is 7.00. The predicted molar refractivity (Wildman–Crippen MR) is 161 cm³/mol. The third kappa shape index (κ3) is 17.4. The van der Waals surface area contributed by atoms with E-state index in [1.807, 2.05) is 6.92 Å². The van der Waals surface area contributed by atoms with E-state index in [4.69, 9.17) is 53.8 Å². The lowest BCUT2D eigenvalue weighted by Gasteiger charge is -2.28. The van der Waals surface area contributed by atoms with Crippen molar-refractivity contribution in [2.24, 2.45) is 0 Å². The van der Waals surface area contributed by atoms with Crippen LogP contribution in [0, 0.1) is 0 Å². The molecule has 0 aromatic rings. The molecule has 0 aromatic carbocycles. The number of hydrogen-bond acceptors (Lipinski definition) is 11. The highest BCUT2D eigenvalue weighted by atomic mass is 35.6. The van der Waals surface area contributed by atoms with E-state index in [1.54, 1.807) is 20.8 Å². The van der Waals surface area contributed by atoms with Crippen molar-refractivity contribution >= 4 is 70.8 Å². The van der Waals surface area contributed by atoms with E-state index in [1.165, 1.54) is 32.9 Å². The highest BCUT2D eigenvalue weighted by Crippen LogP contribution is 2.26. The molecule has 0 fully saturated rings. The monoisotopic (exact) mass is 689 g/mol. The third-order valence-corrected chi connectivity index (χ3v) is 5.58. The number of hydrogen-bond donors (Lipinski definition) is 3. The second kappa shape index (κ2) is 18.7. The lowest BCUT2D eigenvalue weighted by Crippen LogP contribution is -2.58. The van der Waals surface area contributed by atoms with Gasteiger partial charge in [-0.1, -0.05) is 60.3 Å². The fourth-order valence-electron chi connectivity index (χ4n) is 2.97. The third-order valence-electron chi connectivity index (χ3n) is 5.25. The van der Waals surface area contributed by atoms with Gasteiger partial charge in [-0.15, -0.1) is 0 Å². The zero-order chi connectivity index (χ0) is 34.3. The van der Waals surface area contributed by atoms with Gasteiger partial charge in [0.15, 0.2) is 0 Å². The molecule has 0 saturated carbocycles. The van der Waals surface area contributed by atoms with Gasteiger partial charge < -0.3 is 39.6 Å². The first-order valence-electron chi connectivity index (χ1n) is 13.6. The van der Waals surface area contributed by atoms with Gasteiger partial charge in [-0.25, -0.2) is 24.0 Å². The molecule has 44 heavy (non-hydrogen) atoms. The number of unbranched alkanes of at least 4 members (excludes halogenated alkanes) is 1. The molecule has 0 radical (unpaired) electrons. The topological polar surface area (TPSA) is 185 Å². The largest absolute Gasteiger partial charge is 0.467 e. The van der Waals surface area contributed by atoms with E-state index < -0.39 is 75.7 Å². The maximum Gasteiger partial charge on any atom is 0.408 e. The molecule has 0 aliphatic heterocycles. The number of carbonyl (C=O) groups is 6. The average Bonchev–Trinajstić information content (AvgIpc) is 2.89. The number of halogens is 3. The van der Waals surface area contributed by atoms with Crippen LogP contribution < -0.4 is 16.0 Å². The fraction of sp³-hybridized carbons (Fsp3) is 0.704. The van der Waals surface area contributed by atoms with Crippen molar-refractivity contribution in [2.75, 3.05) is 20.3 Å². The van der Waals surface area contributed by atoms with E-state index in [9.17, 15) is 28.8 Å². The van der Waals surface area contributed by atoms with Crippen molar-refractivity contribution in [2.45, 2.75) is 101 Å². The summed E-state index contributed by atoms with van der Waals surface area (Å²) in [7, 11) is 1.13. The number of amides is 3. The van der Waals surface area contributed by atoms with Gasteiger partial charge in [-0.2, -0.15) is 0 Å². The van der Waals surface area contributed by atoms with Crippen LogP contribution >= 0.6 is 34.8 Å². The van der Waals surface area contributed by atoms with E-state index in [2.05, 4.69) is 20.7 Å². The van der Waals surface area contributed by atoms with Gasteiger partial charge in [-0.3, -0.25) is 4.79 Å². The van der Waals surface area contributed by atoms with Crippen LogP contribution in [0.25, 0.3) is 0 Å². The van der Waals surface area contributed by atoms with Crippen LogP contribution in [0.2, 0.25) is 0 Å². The fourth-order valence-corrected chi connectivity index (χ4v) is 3.13. The standard InChI is InChI=1S/C27H42Cl3N3O11/c1-9-10-14-41-21(36)18(43-20(35)17(3)32-23(38)44-25(4,5)6)12-11-13-26(7,22(37)31-16(2)19(34)40-8)33-24(39)42-15-27(28,29)30/h11,13,16-18H,9-10,12,14-15H2,1-8H3,(H,31,37)(H,32,38)(H,33,39)/b13-11+/t16-,17+,18-,26+/m1/s1. The molecule has 0 unspecified atom stereocenters. The smallest absolute Gasteiger partial charge is 0.408 e. The van der Waals surface area contributed by atoms with Crippen molar-refractivity contribution in [1.29, 1.82) is 0 Å². The quantitative estimate of drug-likeness (QED) is 0.0749. The number of nitrogens with one attached hydrogen (secondary N) is 3. The molecule has 0 aliphatic rings. The molecule has 0 saturated heterocycles. The Labute approximate surface area is 272 Å². The molecule has 0 rings (SSSR count). The Morgan fingerprint density at radius 1 is 0.841 bits per heavy atom. The first-order valence-corrected chi connectivity index (χ1v) is 14.7. The second-order valence-electron chi connectivity index (χ2n) is 10.7. The van der Waals surface area contributed by atoms with Crippen LogP contribution in [-0.2, 0) is 42.9 Å². The van der Waals surface area contributed by atoms with Crippen molar-refractivity contribution in [1.82, 2.24) is 16.0 Å². The number of ether oxygens (including phenoxy) is 5. The number of alkyl carbamates (subject to hydrolysis) is 2. The van der Waals surface area contributed by atoms with E-state index >= 15 is 0 Å². The Hall–Kier alpha value is -2.97. The van der Waals surface area contributed by atoms with Crippen molar-refractivity contribution in [3.63, 3.8) is 0 Å². The van der Waals surface area contributed by atoms with Crippen LogP contribution in [0.4, 0.5) is 9.59 Å². The molecular formula is C27H42Cl3N3O11. The number of rotatable bonds is 15. The molecular weight excluding hydrogens is 649 g/mol. The van der Waals surface area contributed by atoms with Crippen molar-refractivity contribution in [3.8, 4) is 0 Å². The van der Waals surface area contributed by atoms with Crippen molar-refractivity contribution < 1.29 is 52.5 Å². The minimum atomic E-state index is -1.93. The maximum atomic E-state index is 13.1. The van der Waals surface area contributed by atoms with Crippen LogP contribution in [-0.4, -0.2) is 89.4 Å². The average molecular weight is 691 g/mol. The Morgan fingerprint density at radius 2 is 1.43 bits per heavy atom. The summed E-state index contributed by atoms with van der Waals surface area (Å²) in [5.74, 6) is -3.50. The summed E-state index contributed by atoms with van der Waals surface area (Å²) >= 11 is 16.8. The first kappa shape index (κ1) is 41.0. The van der Waals surface area contributed by atoms with Gasteiger partial charge >= 0.3 is 30.1 Å². The summed E-state index contributed by atoms with van der Waals surface area (Å²) in [6.07, 6.45) is -0.143. The number of alkyl halides is 3. The highest BCUT2D eigenvalue weighted by Gasteiger charge is 2.36. The molecule has 3 N–H and O–H groups in total. The molecule has 0 bridgehead atoms. The lowest BCUT2D eigenvalue weighted by atomic mass is 9.99. The predicted octanol–water partition coefficient (Wildman–Crippen LogP) is 3.63. The first-order chi connectivity index (χ1) is 20.1. The molecule has 0 spiro atoms. The highest BCUT2D eigenvalue weighted by molar-refractivity contribution is 6.67.